The number of amides is 2. The molecule has 138 valence electrons. The van der Waals surface area contributed by atoms with Crippen LogP contribution in [0.15, 0.2) is 6.07 Å². The lowest BCUT2D eigenvalue weighted by Crippen LogP contribution is -2.44. The quantitative estimate of drug-likeness (QED) is 0.817. The van der Waals surface area contributed by atoms with Crippen LogP contribution in [0, 0.1) is 11.8 Å². The molecule has 1 saturated heterocycles. The van der Waals surface area contributed by atoms with Crippen LogP contribution in [-0.4, -0.2) is 47.1 Å². The molecule has 3 rings (SSSR count). The van der Waals surface area contributed by atoms with Gasteiger partial charge in [0.1, 0.15) is 0 Å². The Hall–Kier alpha value is -1.89. The Morgan fingerprint density at radius 3 is 2.64 bits per heavy atom. The molecule has 0 spiro atoms. The molecule has 2 heterocycles. The molecule has 0 unspecified atom stereocenters. The molecule has 0 aromatic carbocycles. The van der Waals surface area contributed by atoms with Gasteiger partial charge in [-0.15, -0.1) is 0 Å². The second kappa shape index (κ2) is 8.47. The van der Waals surface area contributed by atoms with E-state index in [-0.39, 0.29) is 17.7 Å². The minimum absolute atomic E-state index is 0.00556. The first-order valence-electron chi connectivity index (χ1n) is 9.26. The zero-order chi connectivity index (χ0) is 17.6. The smallest absolute Gasteiger partial charge is 0.225 e. The molecule has 7 nitrogen and oxygen atoms in total. The van der Waals surface area contributed by atoms with Crippen LogP contribution in [-0.2, 0) is 27.5 Å². The summed E-state index contributed by atoms with van der Waals surface area (Å²) in [7, 11) is 1.62. The van der Waals surface area contributed by atoms with Crippen LogP contribution in [0.3, 0.4) is 0 Å². The highest BCUT2D eigenvalue weighted by Gasteiger charge is 2.31. The van der Waals surface area contributed by atoms with Crippen LogP contribution in [0.4, 0.5) is 0 Å². The number of hydrogen-bond donors (Lipinski definition) is 2. The highest BCUT2D eigenvalue weighted by atomic mass is 16.5. The van der Waals surface area contributed by atoms with Crippen molar-refractivity contribution < 1.29 is 14.3 Å². The number of ether oxygens (including phenoxy) is 1. The molecular formula is C18H28N4O3. The molecule has 0 bridgehead atoms. The summed E-state index contributed by atoms with van der Waals surface area (Å²) in [5.41, 5.74) is 1.69. The number of methoxy groups -OCH3 is 1. The fraction of sp³-hybridized carbons (Fsp3) is 0.722. The number of aromatic nitrogens is 2. The lowest BCUT2D eigenvalue weighted by atomic mass is 9.94. The van der Waals surface area contributed by atoms with Crippen LogP contribution in [0.5, 0.6) is 0 Å². The number of aromatic amines is 1. The molecular weight excluding hydrogens is 320 g/mol. The van der Waals surface area contributed by atoms with E-state index in [1.807, 2.05) is 11.0 Å². The van der Waals surface area contributed by atoms with Crippen molar-refractivity contribution in [3.8, 4) is 0 Å². The third-order valence-electron chi connectivity index (χ3n) is 5.31. The summed E-state index contributed by atoms with van der Waals surface area (Å²) in [6, 6.07) is 1.90. The van der Waals surface area contributed by atoms with Gasteiger partial charge in [-0.05, 0) is 31.7 Å². The first kappa shape index (κ1) is 17.9. The van der Waals surface area contributed by atoms with E-state index in [2.05, 4.69) is 15.5 Å². The van der Waals surface area contributed by atoms with Gasteiger partial charge in [0.15, 0.2) is 0 Å². The number of carbonyl (C=O) groups is 2. The predicted octanol–water partition coefficient (Wildman–Crippen LogP) is 1.60. The maximum atomic E-state index is 12.4. The van der Waals surface area contributed by atoms with Crippen molar-refractivity contribution in [3.05, 3.63) is 17.5 Å². The van der Waals surface area contributed by atoms with Gasteiger partial charge in [-0.3, -0.25) is 14.7 Å². The molecule has 1 aromatic heterocycles. The minimum atomic E-state index is -0.00556. The van der Waals surface area contributed by atoms with Gasteiger partial charge >= 0.3 is 0 Å². The number of H-pyrrole nitrogens is 1. The standard InChI is InChI=1S/C18H28N4O3/c1-25-12-16-10-15(20-21-16)11-19-17(23)13-6-8-22(9-7-13)18(24)14-4-2-3-5-14/h10,13-14H,2-9,11-12H2,1H3,(H,19,23)(H,20,21). The fourth-order valence-electron chi connectivity index (χ4n) is 3.84. The van der Waals surface area contributed by atoms with Gasteiger partial charge in [-0.2, -0.15) is 5.10 Å². The van der Waals surface area contributed by atoms with Gasteiger partial charge in [0.2, 0.25) is 11.8 Å². The largest absolute Gasteiger partial charge is 0.378 e. The van der Waals surface area contributed by atoms with Gasteiger partial charge in [-0.25, -0.2) is 0 Å². The van der Waals surface area contributed by atoms with Gasteiger partial charge in [0, 0.05) is 32.0 Å². The van der Waals surface area contributed by atoms with Crippen LogP contribution < -0.4 is 5.32 Å². The topological polar surface area (TPSA) is 87.3 Å². The maximum Gasteiger partial charge on any atom is 0.225 e. The van der Waals surface area contributed by atoms with E-state index in [4.69, 9.17) is 4.74 Å². The molecule has 2 amide bonds. The number of hydrogen-bond acceptors (Lipinski definition) is 4. The molecule has 1 aromatic rings. The Balaban J connectivity index is 1.41. The predicted molar refractivity (Wildman–Crippen MR) is 92.4 cm³/mol. The number of carbonyl (C=O) groups excluding carboxylic acids is 2. The third kappa shape index (κ3) is 4.60. The first-order chi connectivity index (χ1) is 12.2. The van der Waals surface area contributed by atoms with E-state index in [9.17, 15) is 9.59 Å². The van der Waals surface area contributed by atoms with Crippen molar-refractivity contribution in [2.24, 2.45) is 11.8 Å². The fourth-order valence-corrected chi connectivity index (χ4v) is 3.84. The summed E-state index contributed by atoms with van der Waals surface area (Å²) in [6.45, 7) is 2.31. The summed E-state index contributed by atoms with van der Waals surface area (Å²) in [6.07, 6.45) is 5.93. The Labute approximate surface area is 148 Å². The maximum absolute atomic E-state index is 12.4. The molecule has 1 aliphatic heterocycles. The molecule has 7 heteroatoms. The summed E-state index contributed by atoms with van der Waals surface area (Å²) in [4.78, 5) is 26.8. The van der Waals surface area contributed by atoms with Gasteiger partial charge in [-0.1, -0.05) is 12.8 Å². The van der Waals surface area contributed by atoms with E-state index in [1.54, 1.807) is 7.11 Å². The minimum Gasteiger partial charge on any atom is -0.378 e. The van der Waals surface area contributed by atoms with Crippen LogP contribution in [0.1, 0.15) is 49.9 Å². The average molecular weight is 348 g/mol. The molecule has 1 saturated carbocycles. The summed E-state index contributed by atoms with van der Waals surface area (Å²) < 4.78 is 5.03. The van der Waals surface area contributed by atoms with Gasteiger partial charge < -0.3 is 15.0 Å². The average Bonchev–Trinajstić information content (AvgIpc) is 3.31. The molecule has 25 heavy (non-hydrogen) atoms. The van der Waals surface area contributed by atoms with E-state index < -0.39 is 0 Å². The molecule has 2 fully saturated rings. The molecule has 1 aliphatic carbocycles. The van der Waals surface area contributed by atoms with E-state index in [0.717, 1.165) is 37.1 Å². The summed E-state index contributed by atoms with van der Waals surface area (Å²) in [5.74, 6) is 0.594. The second-order valence-corrected chi connectivity index (χ2v) is 7.12. The highest BCUT2D eigenvalue weighted by molar-refractivity contribution is 5.81. The van der Waals surface area contributed by atoms with Gasteiger partial charge in [0.25, 0.3) is 0 Å². The molecule has 2 aliphatic rings. The number of nitrogens with one attached hydrogen (secondary N) is 2. The van der Waals surface area contributed by atoms with Crippen LogP contribution >= 0.6 is 0 Å². The normalized spacial score (nSPS) is 19.3. The summed E-state index contributed by atoms with van der Waals surface area (Å²) >= 11 is 0. The van der Waals surface area contributed by atoms with Crippen molar-refractivity contribution in [1.82, 2.24) is 20.4 Å². The van der Waals surface area contributed by atoms with Crippen molar-refractivity contribution in [2.75, 3.05) is 20.2 Å². The third-order valence-corrected chi connectivity index (χ3v) is 5.31. The molecule has 0 atom stereocenters. The number of rotatable bonds is 6. The Morgan fingerprint density at radius 1 is 1.24 bits per heavy atom. The molecule has 0 radical (unpaired) electrons. The molecule has 2 N–H and O–H groups in total. The Kier molecular flexibility index (Phi) is 6.07. The van der Waals surface area contributed by atoms with Crippen molar-refractivity contribution in [1.29, 1.82) is 0 Å². The first-order valence-corrected chi connectivity index (χ1v) is 9.26. The number of piperidine rings is 1. The van der Waals surface area contributed by atoms with Crippen LogP contribution in [0.2, 0.25) is 0 Å². The SMILES string of the molecule is COCc1cc(CNC(=O)C2CCN(C(=O)C3CCCC3)CC2)[nH]n1. The number of likely N-dealkylation sites (tertiary alicyclic amines) is 1. The van der Waals surface area contributed by atoms with Crippen molar-refractivity contribution in [3.63, 3.8) is 0 Å². The summed E-state index contributed by atoms with van der Waals surface area (Å²) in [5, 5.41) is 9.99. The number of nitrogens with zero attached hydrogens (tertiary/aromatic N) is 2. The van der Waals surface area contributed by atoms with E-state index in [0.29, 0.717) is 32.1 Å². The lowest BCUT2D eigenvalue weighted by molar-refractivity contribution is -0.139. The lowest BCUT2D eigenvalue weighted by Gasteiger charge is -2.33. The van der Waals surface area contributed by atoms with Crippen molar-refractivity contribution in [2.45, 2.75) is 51.7 Å². The Morgan fingerprint density at radius 2 is 1.96 bits per heavy atom. The second-order valence-electron chi connectivity index (χ2n) is 7.12. The van der Waals surface area contributed by atoms with Crippen LogP contribution in [0.25, 0.3) is 0 Å². The monoisotopic (exact) mass is 348 g/mol. The van der Waals surface area contributed by atoms with E-state index >= 15 is 0 Å². The van der Waals surface area contributed by atoms with Crippen molar-refractivity contribution >= 4 is 11.8 Å². The zero-order valence-electron chi connectivity index (χ0n) is 14.9. The van der Waals surface area contributed by atoms with Gasteiger partial charge in [0.05, 0.1) is 24.5 Å². The van der Waals surface area contributed by atoms with E-state index in [1.165, 1.54) is 12.8 Å². The Bertz CT molecular complexity index is 587. The zero-order valence-corrected chi connectivity index (χ0v) is 14.9. The highest BCUT2D eigenvalue weighted by Crippen LogP contribution is 2.28.